The Morgan fingerprint density at radius 1 is 1.30 bits per heavy atom. The Hall–Kier alpha value is -2.13. The second-order valence-corrected chi connectivity index (χ2v) is 7.12. The molecule has 0 unspecified atom stereocenters. The number of methoxy groups -OCH3 is 1. The predicted molar refractivity (Wildman–Crippen MR) is 80.9 cm³/mol. The molecular weight excluding hydrogens is 324 g/mol. The maximum atomic E-state index is 12.3. The molecule has 3 N–H and O–H groups in total. The number of carboxylic acid groups (broad SMARTS) is 1. The smallest absolute Gasteiger partial charge is 0.329 e. The molecule has 1 amide bonds. The van der Waals surface area contributed by atoms with Crippen LogP contribution in [0.25, 0.3) is 0 Å². The van der Waals surface area contributed by atoms with Gasteiger partial charge in [0.2, 0.25) is 10.0 Å². The first-order chi connectivity index (χ1) is 10.8. The van der Waals surface area contributed by atoms with E-state index in [4.69, 9.17) is 4.74 Å². The van der Waals surface area contributed by atoms with Gasteiger partial charge >= 0.3 is 5.97 Å². The molecule has 0 heterocycles. The minimum absolute atomic E-state index is 0.0483. The van der Waals surface area contributed by atoms with Crippen molar-refractivity contribution >= 4 is 21.9 Å². The van der Waals surface area contributed by atoms with Crippen molar-refractivity contribution in [3.63, 3.8) is 0 Å². The van der Waals surface area contributed by atoms with E-state index in [1.54, 1.807) is 0 Å². The summed E-state index contributed by atoms with van der Waals surface area (Å²) in [5.41, 5.74) is -1.22. The van der Waals surface area contributed by atoms with Crippen LogP contribution in [0.5, 0.6) is 5.75 Å². The average Bonchev–Trinajstić information content (AvgIpc) is 2.49. The lowest BCUT2D eigenvalue weighted by Gasteiger charge is -2.38. The molecule has 2 rings (SSSR count). The number of benzene rings is 1. The summed E-state index contributed by atoms with van der Waals surface area (Å²) in [4.78, 5) is 23.4. The van der Waals surface area contributed by atoms with Crippen molar-refractivity contribution in [2.24, 2.45) is 0 Å². The Labute approximate surface area is 133 Å². The summed E-state index contributed by atoms with van der Waals surface area (Å²) in [6.45, 7) is 0. The molecule has 1 saturated carbocycles. The average molecular weight is 342 g/mol. The van der Waals surface area contributed by atoms with Gasteiger partial charge in [0.1, 0.15) is 16.2 Å². The largest absolute Gasteiger partial charge is 0.495 e. The quantitative estimate of drug-likeness (QED) is 0.685. The van der Waals surface area contributed by atoms with Crippen molar-refractivity contribution in [1.82, 2.24) is 10.0 Å². The van der Waals surface area contributed by atoms with Gasteiger partial charge in [0.15, 0.2) is 0 Å². The Morgan fingerprint density at radius 2 is 1.96 bits per heavy atom. The monoisotopic (exact) mass is 342 g/mol. The van der Waals surface area contributed by atoms with Gasteiger partial charge in [-0.2, -0.15) is 0 Å². The van der Waals surface area contributed by atoms with E-state index in [0.717, 1.165) is 6.07 Å². The molecule has 1 aliphatic rings. The van der Waals surface area contributed by atoms with Gasteiger partial charge in [0, 0.05) is 5.56 Å². The van der Waals surface area contributed by atoms with Gasteiger partial charge in [0.25, 0.3) is 5.91 Å². The fourth-order valence-electron chi connectivity index (χ4n) is 2.35. The van der Waals surface area contributed by atoms with E-state index in [1.165, 1.54) is 26.3 Å². The Balaban J connectivity index is 2.35. The lowest BCUT2D eigenvalue weighted by molar-refractivity contribution is -0.148. The number of ether oxygens (including phenoxy) is 1. The van der Waals surface area contributed by atoms with E-state index in [1.807, 2.05) is 0 Å². The van der Waals surface area contributed by atoms with E-state index >= 15 is 0 Å². The molecule has 0 spiro atoms. The Bertz CT molecular complexity index is 740. The number of hydrogen-bond donors (Lipinski definition) is 3. The topological polar surface area (TPSA) is 122 Å². The van der Waals surface area contributed by atoms with Crippen molar-refractivity contribution < 1.29 is 27.9 Å². The zero-order valence-corrected chi connectivity index (χ0v) is 13.6. The molecular formula is C14H18N2O6S. The van der Waals surface area contributed by atoms with Crippen molar-refractivity contribution in [1.29, 1.82) is 0 Å². The number of sulfonamides is 1. The minimum Gasteiger partial charge on any atom is -0.495 e. The molecule has 23 heavy (non-hydrogen) atoms. The van der Waals surface area contributed by atoms with E-state index in [2.05, 4.69) is 10.0 Å². The SMILES string of the molecule is CNS(=O)(=O)c1cc(C(=O)NC2(C(=O)O)CCC2)ccc1OC. The zero-order chi connectivity index (χ0) is 17.3. The summed E-state index contributed by atoms with van der Waals surface area (Å²) < 4.78 is 31.1. The standard InChI is InChI=1S/C14H18N2O6S/c1-15-23(20,21)11-8-9(4-5-10(11)22-2)12(17)16-14(13(18)19)6-3-7-14/h4-5,8,15H,3,6-7H2,1-2H3,(H,16,17)(H,18,19). The van der Waals surface area contributed by atoms with Crippen molar-refractivity contribution in [2.45, 2.75) is 29.7 Å². The third-order valence-electron chi connectivity index (χ3n) is 3.95. The minimum atomic E-state index is -3.82. The first-order valence-electron chi connectivity index (χ1n) is 6.93. The van der Waals surface area contributed by atoms with E-state index in [0.29, 0.717) is 19.3 Å². The zero-order valence-electron chi connectivity index (χ0n) is 12.8. The number of nitrogens with one attached hydrogen (secondary N) is 2. The van der Waals surface area contributed by atoms with Crippen LogP contribution in [0.1, 0.15) is 29.6 Å². The predicted octanol–water partition coefficient (Wildman–Crippen LogP) is 0.340. The van der Waals surface area contributed by atoms with Crippen molar-refractivity contribution in [3.8, 4) is 5.75 Å². The summed E-state index contributed by atoms with van der Waals surface area (Å²) in [6.07, 6.45) is 1.42. The Morgan fingerprint density at radius 3 is 2.39 bits per heavy atom. The van der Waals surface area contributed by atoms with E-state index < -0.39 is 27.4 Å². The van der Waals surface area contributed by atoms with Crippen LogP contribution >= 0.6 is 0 Å². The molecule has 0 atom stereocenters. The number of carboxylic acids is 1. The highest BCUT2D eigenvalue weighted by Gasteiger charge is 2.45. The van der Waals surface area contributed by atoms with Crippen LogP contribution in [0.15, 0.2) is 23.1 Å². The first-order valence-corrected chi connectivity index (χ1v) is 8.41. The van der Waals surface area contributed by atoms with Crippen LogP contribution in [-0.2, 0) is 14.8 Å². The van der Waals surface area contributed by atoms with Crippen LogP contribution in [0, 0.1) is 0 Å². The first kappa shape index (κ1) is 17.2. The van der Waals surface area contributed by atoms with Gasteiger partial charge in [-0.1, -0.05) is 0 Å². The summed E-state index contributed by atoms with van der Waals surface area (Å²) in [7, 11) is -1.26. The van der Waals surface area contributed by atoms with Gasteiger partial charge in [-0.15, -0.1) is 0 Å². The van der Waals surface area contributed by atoms with Crippen LogP contribution in [0.3, 0.4) is 0 Å². The fourth-order valence-corrected chi connectivity index (χ4v) is 3.27. The number of carbonyl (C=O) groups excluding carboxylic acids is 1. The van der Waals surface area contributed by atoms with E-state index in [-0.39, 0.29) is 16.2 Å². The highest BCUT2D eigenvalue weighted by Crippen LogP contribution is 2.33. The normalized spacial score (nSPS) is 16.3. The highest BCUT2D eigenvalue weighted by atomic mass is 32.2. The molecule has 1 aliphatic carbocycles. The molecule has 0 aromatic heterocycles. The van der Waals surface area contributed by atoms with Gasteiger partial charge in [-0.3, -0.25) is 4.79 Å². The molecule has 126 valence electrons. The molecule has 0 saturated heterocycles. The van der Waals surface area contributed by atoms with Crippen LogP contribution in [-0.4, -0.2) is 45.1 Å². The maximum absolute atomic E-state index is 12.3. The third kappa shape index (κ3) is 3.15. The molecule has 9 heteroatoms. The second-order valence-electron chi connectivity index (χ2n) is 5.27. The fraction of sp³-hybridized carbons (Fsp3) is 0.429. The lowest BCUT2D eigenvalue weighted by atomic mass is 9.76. The van der Waals surface area contributed by atoms with Gasteiger partial charge in [0.05, 0.1) is 7.11 Å². The summed E-state index contributed by atoms with van der Waals surface area (Å²) in [6, 6.07) is 3.90. The molecule has 8 nitrogen and oxygen atoms in total. The van der Waals surface area contributed by atoms with E-state index in [9.17, 15) is 23.1 Å². The highest BCUT2D eigenvalue weighted by molar-refractivity contribution is 7.89. The molecule has 1 aromatic carbocycles. The lowest BCUT2D eigenvalue weighted by Crippen LogP contribution is -2.59. The van der Waals surface area contributed by atoms with Crippen LogP contribution in [0.2, 0.25) is 0 Å². The molecule has 1 aromatic rings. The van der Waals surface area contributed by atoms with Crippen molar-refractivity contribution in [2.75, 3.05) is 14.2 Å². The summed E-state index contributed by atoms with van der Waals surface area (Å²) >= 11 is 0. The molecule has 0 radical (unpaired) electrons. The summed E-state index contributed by atoms with van der Waals surface area (Å²) in [5.74, 6) is -1.64. The van der Waals surface area contributed by atoms with Gasteiger partial charge in [-0.25, -0.2) is 17.9 Å². The number of hydrogen-bond acceptors (Lipinski definition) is 5. The Kier molecular flexibility index (Phi) is 4.62. The number of carbonyl (C=O) groups is 2. The number of aliphatic carboxylic acids is 1. The molecule has 0 aliphatic heterocycles. The second kappa shape index (κ2) is 6.17. The van der Waals surface area contributed by atoms with Crippen molar-refractivity contribution in [3.05, 3.63) is 23.8 Å². The van der Waals surface area contributed by atoms with Gasteiger partial charge < -0.3 is 15.2 Å². The van der Waals surface area contributed by atoms with Gasteiger partial charge in [-0.05, 0) is 44.5 Å². The van der Waals surface area contributed by atoms with Crippen LogP contribution < -0.4 is 14.8 Å². The molecule has 1 fully saturated rings. The number of rotatable bonds is 6. The van der Waals surface area contributed by atoms with Crippen LogP contribution in [0.4, 0.5) is 0 Å². The number of amides is 1. The maximum Gasteiger partial charge on any atom is 0.329 e. The summed E-state index contributed by atoms with van der Waals surface area (Å²) in [5, 5.41) is 11.7. The third-order valence-corrected chi connectivity index (χ3v) is 5.39. The molecule has 0 bridgehead atoms.